The topological polar surface area (TPSA) is 66.0 Å². The normalized spacial score (nSPS) is 11.3. The molecule has 0 saturated carbocycles. The maximum absolute atomic E-state index is 11.2. The van der Waals surface area contributed by atoms with E-state index in [1.807, 2.05) is 54.6 Å². The van der Waals surface area contributed by atoms with Crippen LogP contribution >= 0.6 is 0 Å². The van der Waals surface area contributed by atoms with Gasteiger partial charge in [0.05, 0.1) is 12.1 Å². The molecule has 0 unspecified atom stereocenters. The van der Waals surface area contributed by atoms with E-state index >= 15 is 0 Å². The van der Waals surface area contributed by atoms with Gasteiger partial charge in [-0.25, -0.2) is 4.98 Å². The summed E-state index contributed by atoms with van der Waals surface area (Å²) >= 11 is 0. The quantitative estimate of drug-likeness (QED) is 0.495. The van der Waals surface area contributed by atoms with Crippen LogP contribution < -0.4 is 0 Å². The van der Waals surface area contributed by atoms with Crippen LogP contribution in [0.5, 0.6) is 0 Å². The number of H-pyrrole nitrogens is 1. The van der Waals surface area contributed by atoms with E-state index in [-0.39, 0.29) is 6.42 Å². The summed E-state index contributed by atoms with van der Waals surface area (Å²) in [5.74, 6) is -0.199. The lowest BCUT2D eigenvalue weighted by Gasteiger charge is -2.34. The van der Waals surface area contributed by atoms with Gasteiger partial charge in [-0.1, -0.05) is 91.0 Å². The number of carbonyl (C=O) groups is 1. The molecule has 138 valence electrons. The second kappa shape index (κ2) is 7.53. The van der Waals surface area contributed by atoms with Gasteiger partial charge in [0, 0.05) is 6.20 Å². The van der Waals surface area contributed by atoms with E-state index in [2.05, 4.69) is 41.4 Å². The number of aromatic nitrogens is 2. The number of hydrogen-bond acceptors (Lipinski definition) is 2. The smallest absolute Gasteiger partial charge is 0.309 e. The highest BCUT2D eigenvalue weighted by Crippen LogP contribution is 2.43. The summed E-state index contributed by atoms with van der Waals surface area (Å²) in [4.78, 5) is 19.2. The molecule has 0 radical (unpaired) electrons. The molecule has 28 heavy (non-hydrogen) atoms. The molecule has 1 aromatic heterocycles. The van der Waals surface area contributed by atoms with Crippen LogP contribution in [-0.2, 0) is 16.6 Å². The molecular weight excluding hydrogens is 348 g/mol. The molecule has 0 saturated heterocycles. The van der Waals surface area contributed by atoms with Gasteiger partial charge in [0.2, 0.25) is 0 Å². The molecule has 4 heteroatoms. The Hall–Kier alpha value is -3.66. The molecule has 2 N–H and O–H groups in total. The van der Waals surface area contributed by atoms with Crippen LogP contribution in [0.3, 0.4) is 0 Å². The van der Waals surface area contributed by atoms with E-state index in [0.717, 1.165) is 16.7 Å². The predicted molar refractivity (Wildman–Crippen MR) is 108 cm³/mol. The molecule has 1 heterocycles. The van der Waals surface area contributed by atoms with Crippen LogP contribution in [0.4, 0.5) is 0 Å². The number of hydrogen-bond donors (Lipinski definition) is 2. The third-order valence-electron chi connectivity index (χ3n) is 4.94. The summed E-state index contributed by atoms with van der Waals surface area (Å²) in [6, 6.07) is 30.5. The zero-order chi connectivity index (χ0) is 19.4. The van der Waals surface area contributed by atoms with Crippen LogP contribution in [0, 0.1) is 0 Å². The van der Waals surface area contributed by atoms with Gasteiger partial charge in [-0.2, -0.15) is 0 Å². The van der Waals surface area contributed by atoms with Crippen molar-refractivity contribution >= 4 is 5.97 Å². The maximum Gasteiger partial charge on any atom is 0.309 e. The molecule has 4 nitrogen and oxygen atoms in total. The highest BCUT2D eigenvalue weighted by atomic mass is 16.4. The zero-order valence-corrected chi connectivity index (χ0v) is 15.2. The van der Waals surface area contributed by atoms with E-state index in [1.165, 1.54) is 0 Å². The first-order chi connectivity index (χ1) is 13.7. The summed E-state index contributed by atoms with van der Waals surface area (Å²) in [7, 11) is 0. The second-order valence-corrected chi connectivity index (χ2v) is 6.66. The van der Waals surface area contributed by atoms with Crippen molar-refractivity contribution in [2.24, 2.45) is 0 Å². The largest absolute Gasteiger partial charge is 0.481 e. The number of imidazole rings is 1. The SMILES string of the molecule is O=C(O)Cc1c[nH]c(C(c2ccccc2)(c2ccccc2)c2ccccc2)n1. The first-order valence-electron chi connectivity index (χ1n) is 9.14. The Morgan fingerprint density at radius 1 is 0.786 bits per heavy atom. The fourth-order valence-corrected chi connectivity index (χ4v) is 3.77. The predicted octanol–water partition coefficient (Wildman–Crippen LogP) is 4.42. The number of aliphatic carboxylic acids is 1. The van der Waals surface area contributed by atoms with Crippen molar-refractivity contribution in [3.8, 4) is 0 Å². The zero-order valence-electron chi connectivity index (χ0n) is 15.2. The minimum Gasteiger partial charge on any atom is -0.481 e. The Labute approximate surface area is 163 Å². The van der Waals surface area contributed by atoms with E-state index in [1.54, 1.807) is 6.20 Å². The van der Waals surface area contributed by atoms with Crippen molar-refractivity contribution in [3.63, 3.8) is 0 Å². The number of benzene rings is 3. The van der Waals surface area contributed by atoms with Gasteiger partial charge in [0.15, 0.2) is 0 Å². The molecule has 0 fully saturated rings. The number of carboxylic acids is 1. The standard InChI is InChI=1S/C24H20N2O2/c27-22(28)16-21-17-25-23(26-21)24(18-10-4-1-5-11-18,19-12-6-2-7-13-19)20-14-8-3-9-15-20/h1-15,17H,16H2,(H,25,26)(H,27,28). The van der Waals surface area contributed by atoms with Crippen LogP contribution in [-0.4, -0.2) is 21.0 Å². The van der Waals surface area contributed by atoms with Gasteiger partial charge >= 0.3 is 5.97 Å². The first-order valence-corrected chi connectivity index (χ1v) is 9.14. The van der Waals surface area contributed by atoms with Gasteiger partial charge in [-0.3, -0.25) is 4.79 Å². The van der Waals surface area contributed by atoms with Gasteiger partial charge in [-0.15, -0.1) is 0 Å². The Morgan fingerprint density at radius 3 is 1.61 bits per heavy atom. The average Bonchev–Trinajstić information content (AvgIpc) is 3.19. The summed E-state index contributed by atoms with van der Waals surface area (Å²) in [5, 5.41) is 9.18. The lowest BCUT2D eigenvalue weighted by atomic mass is 9.69. The molecule has 4 rings (SSSR count). The van der Waals surface area contributed by atoms with Gasteiger partial charge < -0.3 is 10.1 Å². The van der Waals surface area contributed by atoms with Crippen LogP contribution in [0.2, 0.25) is 0 Å². The molecule has 0 bridgehead atoms. The molecule has 0 amide bonds. The third-order valence-corrected chi connectivity index (χ3v) is 4.94. The van der Waals surface area contributed by atoms with E-state index < -0.39 is 11.4 Å². The lowest BCUT2D eigenvalue weighted by molar-refractivity contribution is -0.136. The Morgan fingerprint density at radius 2 is 1.21 bits per heavy atom. The Balaban J connectivity index is 2.04. The highest BCUT2D eigenvalue weighted by Gasteiger charge is 2.40. The van der Waals surface area contributed by atoms with E-state index in [0.29, 0.717) is 11.5 Å². The summed E-state index contributed by atoms with van der Waals surface area (Å²) in [6.07, 6.45) is 1.57. The Bertz CT molecular complexity index is 961. The highest BCUT2D eigenvalue weighted by molar-refractivity contribution is 5.69. The van der Waals surface area contributed by atoms with Crippen molar-refractivity contribution in [3.05, 3.63) is 125 Å². The van der Waals surface area contributed by atoms with Crippen molar-refractivity contribution in [1.82, 2.24) is 9.97 Å². The molecule has 0 atom stereocenters. The number of nitrogens with zero attached hydrogens (tertiary/aromatic N) is 1. The molecule has 0 aliphatic heterocycles. The fourth-order valence-electron chi connectivity index (χ4n) is 3.77. The van der Waals surface area contributed by atoms with Crippen LogP contribution in [0.25, 0.3) is 0 Å². The summed E-state index contributed by atoms with van der Waals surface area (Å²) in [6.45, 7) is 0. The number of nitrogens with one attached hydrogen (secondary N) is 1. The third kappa shape index (κ3) is 3.09. The average molecular weight is 368 g/mol. The molecule has 0 spiro atoms. The number of carboxylic acid groups (broad SMARTS) is 1. The summed E-state index contributed by atoms with van der Waals surface area (Å²) < 4.78 is 0. The monoisotopic (exact) mass is 368 g/mol. The second-order valence-electron chi connectivity index (χ2n) is 6.66. The Kier molecular flexibility index (Phi) is 4.77. The molecule has 0 aliphatic carbocycles. The van der Waals surface area contributed by atoms with Crippen molar-refractivity contribution in [2.45, 2.75) is 11.8 Å². The molecular formula is C24H20N2O2. The minimum absolute atomic E-state index is 0.120. The van der Waals surface area contributed by atoms with Crippen molar-refractivity contribution in [1.29, 1.82) is 0 Å². The fraction of sp³-hybridized carbons (Fsp3) is 0.0833. The van der Waals surface area contributed by atoms with Gasteiger partial charge in [-0.05, 0) is 16.7 Å². The van der Waals surface area contributed by atoms with E-state index in [9.17, 15) is 9.90 Å². The molecule has 3 aromatic carbocycles. The summed E-state index contributed by atoms with van der Waals surface area (Å²) in [5.41, 5.74) is 3.01. The van der Waals surface area contributed by atoms with Crippen LogP contribution in [0.1, 0.15) is 28.2 Å². The van der Waals surface area contributed by atoms with Gasteiger partial charge in [0.1, 0.15) is 11.2 Å². The van der Waals surface area contributed by atoms with Crippen molar-refractivity contribution in [2.75, 3.05) is 0 Å². The maximum atomic E-state index is 11.2. The lowest BCUT2D eigenvalue weighted by Crippen LogP contribution is -2.32. The number of rotatable bonds is 6. The minimum atomic E-state index is -0.900. The molecule has 4 aromatic rings. The van der Waals surface area contributed by atoms with Gasteiger partial charge in [0.25, 0.3) is 0 Å². The number of aromatic amines is 1. The van der Waals surface area contributed by atoms with E-state index in [4.69, 9.17) is 4.98 Å². The molecule has 0 aliphatic rings. The first kappa shape index (κ1) is 17.7. The van der Waals surface area contributed by atoms with Crippen molar-refractivity contribution < 1.29 is 9.90 Å². The van der Waals surface area contributed by atoms with Crippen LogP contribution in [0.15, 0.2) is 97.2 Å².